The van der Waals surface area contributed by atoms with Crippen LogP contribution in [0.3, 0.4) is 0 Å². The molecule has 0 aromatic heterocycles. The van der Waals surface area contributed by atoms with Crippen LogP contribution >= 0.6 is 0 Å². The number of hydrogen-bond acceptors (Lipinski definition) is 3. The maximum Gasteiger partial charge on any atom is 0.486 e. The second kappa shape index (κ2) is 11.3. The Labute approximate surface area is 164 Å². The first-order valence-electron chi connectivity index (χ1n) is 10.1. The average molecular weight is 385 g/mol. The van der Waals surface area contributed by atoms with Crippen molar-refractivity contribution in [3.8, 4) is 0 Å². The molecule has 6 nitrogen and oxygen atoms in total. The van der Waals surface area contributed by atoms with Crippen LogP contribution in [-0.4, -0.2) is 44.9 Å². The standard InChI is InChI=1S/C21H38N2O4/c1-8-9-10-14-18(26)23(21(5,6)7)19(27)15-12-11-13-17(25)22(16-24)20(2,3)4/h16H,8-15H2,1-7H3/p+2. The third-order valence-corrected chi connectivity index (χ3v) is 4.45. The summed E-state index contributed by atoms with van der Waals surface area (Å²) in [5.74, 6) is -0.188. The normalized spacial score (nSPS) is 13.1. The van der Waals surface area contributed by atoms with Gasteiger partial charge in [0, 0.05) is 18.4 Å². The molecule has 1 unspecified atom stereocenters. The minimum atomic E-state index is -0.542. The maximum atomic E-state index is 12.6. The molecule has 4 amide bonds. The maximum absolute atomic E-state index is 12.6. The van der Waals surface area contributed by atoms with Gasteiger partial charge in [-0.3, -0.25) is 14.5 Å². The van der Waals surface area contributed by atoms with Gasteiger partial charge in [0.25, 0.3) is 0 Å². The highest BCUT2D eigenvalue weighted by Crippen LogP contribution is 2.19. The first-order chi connectivity index (χ1) is 12.4. The number of unbranched alkanes of at least 4 members (excludes halogenated alkanes) is 3. The monoisotopic (exact) mass is 384 g/mol. The van der Waals surface area contributed by atoms with Crippen molar-refractivity contribution in [3.63, 3.8) is 0 Å². The van der Waals surface area contributed by atoms with Crippen LogP contribution in [0.2, 0.25) is 0 Å². The Morgan fingerprint density at radius 3 is 1.70 bits per heavy atom. The number of rotatable bonds is 10. The lowest BCUT2D eigenvalue weighted by Crippen LogP contribution is -3.20. The van der Waals surface area contributed by atoms with Gasteiger partial charge in [0.1, 0.15) is 12.0 Å². The fourth-order valence-electron chi connectivity index (χ4n) is 3.02. The first-order valence-corrected chi connectivity index (χ1v) is 10.1. The van der Waals surface area contributed by atoms with Gasteiger partial charge in [-0.05, 0) is 60.8 Å². The molecule has 6 heteroatoms. The van der Waals surface area contributed by atoms with Crippen LogP contribution in [0.1, 0.15) is 99.8 Å². The predicted octanol–water partition coefficient (Wildman–Crippen LogP) is 2.62. The molecule has 0 aromatic carbocycles. The van der Waals surface area contributed by atoms with Crippen molar-refractivity contribution in [2.45, 2.75) is 111 Å². The van der Waals surface area contributed by atoms with E-state index in [2.05, 4.69) is 6.92 Å². The summed E-state index contributed by atoms with van der Waals surface area (Å²) in [7, 11) is 0. The fourth-order valence-corrected chi connectivity index (χ4v) is 3.02. The van der Waals surface area contributed by atoms with Gasteiger partial charge in [-0.15, -0.1) is 0 Å². The van der Waals surface area contributed by atoms with Gasteiger partial charge >= 0.3 is 12.3 Å². The summed E-state index contributed by atoms with van der Waals surface area (Å²) < 4.78 is 0. The number of nitrogens with one attached hydrogen (secondary N) is 1. The summed E-state index contributed by atoms with van der Waals surface area (Å²) >= 11 is 0. The third kappa shape index (κ3) is 9.27. The zero-order chi connectivity index (χ0) is 21.3. The van der Waals surface area contributed by atoms with Gasteiger partial charge in [0.2, 0.25) is 11.8 Å². The number of carbonyl (C=O) groups excluding carboxylic acids is 4. The van der Waals surface area contributed by atoms with Crippen molar-refractivity contribution < 1.29 is 24.1 Å². The van der Waals surface area contributed by atoms with Gasteiger partial charge in [0.05, 0.1) is 0 Å². The highest BCUT2D eigenvalue weighted by molar-refractivity contribution is 5.96. The van der Waals surface area contributed by atoms with E-state index in [1.165, 1.54) is 4.90 Å². The summed E-state index contributed by atoms with van der Waals surface area (Å²) in [4.78, 5) is 48.3. The largest absolute Gasteiger partial charge is 0.486 e. The van der Waals surface area contributed by atoms with Crippen molar-refractivity contribution in [1.29, 1.82) is 0 Å². The van der Waals surface area contributed by atoms with Crippen LogP contribution in [0, 0.1) is 0 Å². The Hall–Kier alpha value is -1.56. The van der Waals surface area contributed by atoms with Crippen LogP contribution in [0.15, 0.2) is 0 Å². The summed E-state index contributed by atoms with van der Waals surface area (Å²) in [5.41, 5.74) is -0.949. The van der Waals surface area contributed by atoms with E-state index in [4.69, 9.17) is 0 Å². The molecular weight excluding hydrogens is 344 g/mol. The fraction of sp³-hybridized carbons (Fsp3) is 0.810. The number of quaternary nitrogens is 1. The topological polar surface area (TPSA) is 80.3 Å². The molecule has 0 rings (SSSR count). The van der Waals surface area contributed by atoms with E-state index >= 15 is 0 Å². The van der Waals surface area contributed by atoms with Crippen molar-refractivity contribution in [1.82, 2.24) is 4.90 Å². The third-order valence-electron chi connectivity index (χ3n) is 4.45. The minimum Gasteiger partial charge on any atom is -0.277 e. The second-order valence-corrected chi connectivity index (χ2v) is 9.19. The van der Waals surface area contributed by atoms with Gasteiger partial charge in [0.15, 0.2) is 0 Å². The van der Waals surface area contributed by atoms with Crippen LogP contribution in [0.5, 0.6) is 0 Å². The number of imide groups is 2. The molecule has 0 aliphatic carbocycles. The molecule has 27 heavy (non-hydrogen) atoms. The van der Waals surface area contributed by atoms with E-state index in [9.17, 15) is 19.2 Å². The summed E-state index contributed by atoms with van der Waals surface area (Å²) in [5, 5.41) is 0. The van der Waals surface area contributed by atoms with Gasteiger partial charge < -0.3 is 0 Å². The van der Waals surface area contributed by atoms with E-state index in [0.29, 0.717) is 37.0 Å². The quantitative estimate of drug-likeness (QED) is 0.357. The van der Waals surface area contributed by atoms with Crippen molar-refractivity contribution in [3.05, 3.63) is 0 Å². The van der Waals surface area contributed by atoms with Crippen molar-refractivity contribution >= 4 is 24.1 Å². The summed E-state index contributed by atoms with van der Waals surface area (Å²) in [6.45, 7) is 13.3. The van der Waals surface area contributed by atoms with Crippen LogP contribution in [0.4, 0.5) is 0 Å². The Morgan fingerprint density at radius 2 is 1.33 bits per heavy atom. The number of hydrogen-bond donors (Lipinski definition) is 1. The van der Waals surface area contributed by atoms with Crippen molar-refractivity contribution in [2.24, 2.45) is 0 Å². The predicted molar refractivity (Wildman–Crippen MR) is 108 cm³/mol. The molecule has 0 aliphatic heterocycles. The smallest absolute Gasteiger partial charge is 0.277 e. The van der Waals surface area contributed by atoms with E-state index in [0.717, 1.165) is 19.3 Å². The van der Waals surface area contributed by atoms with Crippen molar-refractivity contribution in [2.75, 3.05) is 0 Å². The van der Waals surface area contributed by atoms with E-state index < -0.39 is 11.1 Å². The number of nitrogens with zero attached hydrogens (tertiary/aromatic N) is 1. The second-order valence-electron chi connectivity index (χ2n) is 9.19. The molecule has 2 N–H and O–H groups in total. The molecule has 0 radical (unpaired) electrons. The Morgan fingerprint density at radius 1 is 0.889 bits per heavy atom. The SMILES string of the molecule is CCCCCC(=O)N(C(=O)CCCCC(=[OH+])[NH+](C=O)C(C)(C)C)C(C)(C)C. The molecule has 0 aliphatic rings. The lowest BCUT2D eigenvalue weighted by molar-refractivity contribution is -0.774. The average Bonchev–Trinajstić information content (AvgIpc) is 2.49. The number of carbonyl (C=O) groups is 3. The lowest BCUT2D eigenvalue weighted by atomic mass is 10.0. The zero-order valence-electron chi connectivity index (χ0n) is 18.4. The lowest BCUT2D eigenvalue weighted by Gasteiger charge is -2.34. The minimum absolute atomic E-state index is 0.0910. The first kappa shape index (κ1) is 25.4. The Bertz CT molecular complexity index is 515. The molecule has 1 atom stereocenters. The van der Waals surface area contributed by atoms with Crippen LogP contribution < -0.4 is 4.90 Å². The molecule has 0 fully saturated rings. The van der Waals surface area contributed by atoms with Crippen LogP contribution in [-0.2, 0) is 14.4 Å². The molecule has 0 heterocycles. The molecule has 0 spiro atoms. The van der Waals surface area contributed by atoms with Gasteiger partial charge in [-0.25, -0.2) is 9.59 Å². The zero-order valence-corrected chi connectivity index (χ0v) is 18.4. The molecular formula is C21H40N2O4+2. The highest BCUT2D eigenvalue weighted by Gasteiger charge is 2.36. The highest BCUT2D eigenvalue weighted by atomic mass is 16.2. The van der Waals surface area contributed by atoms with Gasteiger partial charge in [-0.2, -0.15) is 4.90 Å². The number of amides is 4. The van der Waals surface area contributed by atoms with E-state index in [1.807, 2.05) is 41.5 Å². The Kier molecular flexibility index (Phi) is 10.7. The summed E-state index contributed by atoms with van der Waals surface area (Å²) in [6.07, 6.45) is 5.69. The van der Waals surface area contributed by atoms with Crippen LogP contribution in [0.25, 0.3) is 0 Å². The molecule has 0 saturated heterocycles. The molecule has 156 valence electrons. The molecule has 0 bridgehead atoms. The van der Waals surface area contributed by atoms with Gasteiger partial charge in [-0.1, -0.05) is 19.8 Å². The van der Waals surface area contributed by atoms with E-state index in [1.54, 1.807) is 0 Å². The molecule has 0 saturated carbocycles. The Balaban J connectivity index is 4.64. The molecule has 0 aromatic rings. The van der Waals surface area contributed by atoms with E-state index in [-0.39, 0.29) is 24.1 Å². The summed E-state index contributed by atoms with van der Waals surface area (Å²) in [6, 6.07) is 0.